The van der Waals surface area contributed by atoms with Crippen LogP contribution >= 0.6 is 11.3 Å². The maximum Gasteiger partial charge on any atom is 0.317 e. The highest BCUT2D eigenvalue weighted by atomic mass is 32.1. The van der Waals surface area contributed by atoms with E-state index in [1.54, 1.807) is 16.2 Å². The number of para-hydroxylation sites is 1. The quantitative estimate of drug-likeness (QED) is 0.853. The van der Waals surface area contributed by atoms with Crippen molar-refractivity contribution in [1.29, 1.82) is 0 Å². The van der Waals surface area contributed by atoms with Gasteiger partial charge in [0.05, 0.1) is 22.7 Å². The summed E-state index contributed by atoms with van der Waals surface area (Å²) in [6.45, 7) is 5.63. The number of nitrogens with one attached hydrogen (secondary N) is 2. The lowest BCUT2D eigenvalue weighted by Crippen LogP contribution is -2.54. The first-order valence-corrected chi connectivity index (χ1v) is 10.2. The van der Waals surface area contributed by atoms with Crippen molar-refractivity contribution < 1.29 is 9.59 Å². The molecule has 7 heteroatoms. The van der Waals surface area contributed by atoms with Gasteiger partial charge in [-0.05, 0) is 37.8 Å². The van der Waals surface area contributed by atoms with E-state index in [9.17, 15) is 9.59 Å². The van der Waals surface area contributed by atoms with E-state index in [0.29, 0.717) is 19.6 Å². The van der Waals surface area contributed by atoms with Crippen LogP contribution in [0.5, 0.6) is 0 Å². The summed E-state index contributed by atoms with van der Waals surface area (Å²) in [4.78, 5) is 32.9. The van der Waals surface area contributed by atoms with Crippen molar-refractivity contribution in [3.8, 4) is 0 Å². The topological polar surface area (TPSA) is 74.3 Å². The molecule has 27 heavy (non-hydrogen) atoms. The van der Waals surface area contributed by atoms with Crippen LogP contribution in [0.25, 0.3) is 0 Å². The van der Waals surface area contributed by atoms with E-state index in [-0.39, 0.29) is 11.9 Å². The average Bonchev–Trinajstić information content (AvgIpc) is 3.18. The van der Waals surface area contributed by atoms with Crippen molar-refractivity contribution in [2.75, 3.05) is 18.4 Å². The summed E-state index contributed by atoms with van der Waals surface area (Å²) in [7, 11) is 0. The number of hydrogen-bond acceptors (Lipinski definition) is 4. The van der Waals surface area contributed by atoms with Crippen LogP contribution in [0.1, 0.15) is 40.9 Å². The molecule has 2 aliphatic heterocycles. The number of hydrogen-bond donors (Lipinski definition) is 2. The third-order valence-corrected chi connectivity index (χ3v) is 6.85. The summed E-state index contributed by atoms with van der Waals surface area (Å²) in [5.41, 5.74) is 2.24. The second-order valence-corrected chi connectivity index (χ2v) is 8.40. The number of aryl methyl sites for hydroxylation is 2. The minimum absolute atomic E-state index is 0.00656. The van der Waals surface area contributed by atoms with Crippen LogP contribution in [-0.2, 0) is 23.2 Å². The van der Waals surface area contributed by atoms with Crippen LogP contribution in [0.15, 0.2) is 24.3 Å². The van der Waals surface area contributed by atoms with E-state index in [2.05, 4.69) is 22.5 Å². The fraction of sp³-hybridized carbons (Fsp3) is 0.450. The zero-order valence-corrected chi connectivity index (χ0v) is 16.5. The molecular formula is C20H24N4O2S. The van der Waals surface area contributed by atoms with Gasteiger partial charge in [-0.15, -0.1) is 11.3 Å². The number of rotatable bonds is 3. The fourth-order valence-corrected chi connectivity index (χ4v) is 5.03. The molecule has 0 unspecified atom stereocenters. The molecule has 3 heterocycles. The number of thiazole rings is 1. The van der Waals surface area contributed by atoms with Crippen molar-refractivity contribution in [2.24, 2.45) is 0 Å². The zero-order valence-electron chi connectivity index (χ0n) is 15.7. The summed E-state index contributed by atoms with van der Waals surface area (Å²) in [5, 5.41) is 7.10. The van der Waals surface area contributed by atoms with Gasteiger partial charge in [0.15, 0.2) is 0 Å². The van der Waals surface area contributed by atoms with Crippen LogP contribution in [0.2, 0.25) is 0 Å². The molecule has 1 fully saturated rings. The van der Waals surface area contributed by atoms with E-state index in [1.807, 2.05) is 31.2 Å². The summed E-state index contributed by atoms with van der Waals surface area (Å²) in [6, 6.07) is 7.70. The molecule has 0 saturated carbocycles. The largest absolute Gasteiger partial charge is 0.333 e. The second-order valence-electron chi connectivity index (χ2n) is 7.24. The van der Waals surface area contributed by atoms with E-state index in [1.165, 1.54) is 0 Å². The Morgan fingerprint density at radius 3 is 3.00 bits per heavy atom. The van der Waals surface area contributed by atoms with Crippen LogP contribution in [0.4, 0.5) is 10.5 Å². The van der Waals surface area contributed by atoms with Crippen molar-refractivity contribution in [1.82, 2.24) is 15.2 Å². The first kappa shape index (κ1) is 18.0. The number of benzene rings is 1. The van der Waals surface area contributed by atoms with Crippen molar-refractivity contribution in [3.63, 3.8) is 0 Å². The molecule has 1 saturated heterocycles. The number of likely N-dealkylation sites (tertiary alicyclic amines) is 1. The number of nitrogens with zero attached hydrogens (tertiary/aromatic N) is 2. The van der Waals surface area contributed by atoms with Gasteiger partial charge in [0.25, 0.3) is 0 Å². The molecule has 6 nitrogen and oxygen atoms in total. The minimum atomic E-state index is -0.623. The molecular weight excluding hydrogens is 360 g/mol. The third-order valence-electron chi connectivity index (χ3n) is 5.54. The monoisotopic (exact) mass is 384 g/mol. The molecule has 2 aromatic rings. The molecule has 1 atom stereocenters. The standard InChI is InChI=1S/C20H24N4O2S/c1-3-17-22-13(2)16(27-17)11-21-19(26)24-10-6-9-20(12-24)14-7-4-5-8-15(14)23-18(20)25/h4-5,7-8H,3,6,9-12H2,1-2H3,(H,21,26)(H,23,25)/t20-/m0/s1. The summed E-state index contributed by atoms with van der Waals surface area (Å²) in [6.07, 6.45) is 2.49. The molecule has 0 aliphatic carbocycles. The Labute approximate surface area is 163 Å². The SMILES string of the molecule is CCc1nc(C)c(CNC(=O)N2CCC[C@@]3(C2)C(=O)Nc2ccccc23)s1. The number of aromatic nitrogens is 1. The van der Waals surface area contributed by atoms with Crippen LogP contribution in [-0.4, -0.2) is 34.9 Å². The second kappa shape index (κ2) is 6.96. The van der Waals surface area contributed by atoms with Crippen LogP contribution < -0.4 is 10.6 Å². The number of urea groups is 1. The predicted molar refractivity (Wildman–Crippen MR) is 106 cm³/mol. The smallest absolute Gasteiger partial charge is 0.317 e. The number of amides is 3. The van der Waals surface area contributed by atoms with Gasteiger partial charge >= 0.3 is 6.03 Å². The van der Waals surface area contributed by atoms with E-state index < -0.39 is 5.41 Å². The van der Waals surface area contributed by atoms with Gasteiger partial charge in [-0.1, -0.05) is 25.1 Å². The van der Waals surface area contributed by atoms with Gasteiger partial charge in [-0.25, -0.2) is 9.78 Å². The molecule has 1 aromatic heterocycles. The lowest BCUT2D eigenvalue weighted by molar-refractivity contribution is -0.122. The van der Waals surface area contributed by atoms with Crippen molar-refractivity contribution in [2.45, 2.75) is 45.1 Å². The molecule has 4 rings (SSSR count). The summed E-state index contributed by atoms with van der Waals surface area (Å²) >= 11 is 1.65. The molecule has 3 amide bonds. The average molecular weight is 385 g/mol. The molecule has 2 aliphatic rings. The highest BCUT2D eigenvalue weighted by Gasteiger charge is 2.49. The lowest BCUT2D eigenvalue weighted by atomic mass is 9.75. The highest BCUT2D eigenvalue weighted by molar-refractivity contribution is 7.11. The first-order valence-electron chi connectivity index (χ1n) is 9.42. The van der Waals surface area contributed by atoms with Gasteiger partial charge in [-0.3, -0.25) is 4.79 Å². The molecule has 1 aromatic carbocycles. The fourth-order valence-electron chi connectivity index (χ4n) is 4.08. The Morgan fingerprint density at radius 2 is 2.22 bits per heavy atom. The van der Waals surface area contributed by atoms with E-state index in [4.69, 9.17) is 0 Å². The number of carbonyl (C=O) groups excluding carboxylic acids is 2. The Hall–Kier alpha value is -2.41. The predicted octanol–water partition coefficient (Wildman–Crippen LogP) is 3.21. The minimum Gasteiger partial charge on any atom is -0.333 e. The third kappa shape index (κ3) is 3.10. The molecule has 142 valence electrons. The molecule has 2 N–H and O–H groups in total. The Bertz CT molecular complexity index is 894. The summed E-state index contributed by atoms with van der Waals surface area (Å²) in [5.74, 6) is 0.00656. The maximum atomic E-state index is 12.8. The Kier molecular flexibility index (Phi) is 4.63. The number of fused-ring (bicyclic) bond motifs is 2. The van der Waals surface area contributed by atoms with Gasteiger partial charge in [0.1, 0.15) is 0 Å². The van der Waals surface area contributed by atoms with Crippen LogP contribution in [0, 0.1) is 6.92 Å². The van der Waals surface area contributed by atoms with E-state index in [0.717, 1.165) is 46.1 Å². The first-order chi connectivity index (χ1) is 13.0. The van der Waals surface area contributed by atoms with Gasteiger partial charge in [-0.2, -0.15) is 0 Å². The highest BCUT2D eigenvalue weighted by Crippen LogP contribution is 2.43. The van der Waals surface area contributed by atoms with Crippen LogP contribution in [0.3, 0.4) is 0 Å². The van der Waals surface area contributed by atoms with Gasteiger partial charge in [0.2, 0.25) is 5.91 Å². The Morgan fingerprint density at radius 1 is 1.41 bits per heavy atom. The molecule has 0 radical (unpaired) electrons. The van der Waals surface area contributed by atoms with Gasteiger partial charge in [0, 0.05) is 23.7 Å². The number of piperidine rings is 1. The number of carbonyl (C=O) groups is 2. The lowest BCUT2D eigenvalue weighted by Gasteiger charge is -2.39. The Balaban J connectivity index is 1.47. The number of anilines is 1. The van der Waals surface area contributed by atoms with Gasteiger partial charge < -0.3 is 15.5 Å². The maximum absolute atomic E-state index is 12.8. The van der Waals surface area contributed by atoms with Crippen molar-refractivity contribution >= 4 is 29.0 Å². The molecule has 0 bridgehead atoms. The molecule has 1 spiro atoms. The zero-order chi connectivity index (χ0) is 19.0. The van der Waals surface area contributed by atoms with E-state index >= 15 is 0 Å². The van der Waals surface area contributed by atoms with Crippen molar-refractivity contribution in [3.05, 3.63) is 45.4 Å². The normalized spacial score (nSPS) is 21.3. The summed E-state index contributed by atoms with van der Waals surface area (Å²) < 4.78 is 0.